The molecule has 14 heteroatoms. The largest absolute Gasteiger partial charge is 0.449 e. The van der Waals surface area contributed by atoms with Gasteiger partial charge in [0.15, 0.2) is 5.69 Å². The predicted octanol–water partition coefficient (Wildman–Crippen LogP) is 3.92. The number of alkyl halides is 3. The van der Waals surface area contributed by atoms with E-state index in [4.69, 9.17) is 21.6 Å². The van der Waals surface area contributed by atoms with Crippen molar-refractivity contribution in [1.29, 1.82) is 5.26 Å². The van der Waals surface area contributed by atoms with E-state index in [0.717, 1.165) is 33.6 Å². The Bertz CT molecular complexity index is 1660. The summed E-state index contributed by atoms with van der Waals surface area (Å²) in [7, 11) is 1.33. The van der Waals surface area contributed by atoms with Gasteiger partial charge in [-0.1, -0.05) is 11.6 Å². The van der Waals surface area contributed by atoms with E-state index in [1.165, 1.54) is 25.2 Å². The average molecular weight is 533 g/mol. The normalized spacial score (nSPS) is 11.3. The van der Waals surface area contributed by atoms with Crippen molar-refractivity contribution in [2.45, 2.75) is 12.7 Å². The minimum Gasteiger partial charge on any atom is -0.449 e. The first kappa shape index (κ1) is 25.5. The molecule has 4 rings (SSSR count). The van der Waals surface area contributed by atoms with Gasteiger partial charge in [0.25, 0.3) is 11.1 Å². The molecule has 0 saturated heterocycles. The SMILES string of the molecule is Cn1nc(Cn2cnc(C(F)(F)F)c(Oc3cc(Cl)cc(C#N)c3)c2=O)cc(-c2ccc(F)nc2)c1=O. The zero-order valence-electron chi connectivity index (χ0n) is 18.6. The number of benzene rings is 1. The molecule has 0 radical (unpaired) electrons. The highest BCUT2D eigenvalue weighted by molar-refractivity contribution is 6.30. The molecule has 0 aliphatic carbocycles. The van der Waals surface area contributed by atoms with Gasteiger partial charge >= 0.3 is 6.18 Å². The van der Waals surface area contributed by atoms with Crippen LogP contribution in [0.3, 0.4) is 0 Å². The van der Waals surface area contributed by atoms with Crippen LogP contribution >= 0.6 is 11.6 Å². The lowest BCUT2D eigenvalue weighted by atomic mass is 10.1. The van der Waals surface area contributed by atoms with Crippen molar-refractivity contribution in [2.75, 3.05) is 0 Å². The third kappa shape index (κ3) is 5.49. The van der Waals surface area contributed by atoms with Crippen LogP contribution in [0.4, 0.5) is 17.6 Å². The molecule has 9 nitrogen and oxygen atoms in total. The Morgan fingerprint density at radius 2 is 1.86 bits per heavy atom. The molecular weight excluding hydrogens is 520 g/mol. The van der Waals surface area contributed by atoms with Gasteiger partial charge in [-0.2, -0.15) is 27.9 Å². The molecule has 4 aromatic rings. The molecule has 0 aliphatic heterocycles. The first-order chi connectivity index (χ1) is 17.5. The number of nitrogens with zero attached hydrogens (tertiary/aromatic N) is 6. The van der Waals surface area contributed by atoms with Crippen LogP contribution in [0.2, 0.25) is 5.02 Å². The molecule has 37 heavy (non-hydrogen) atoms. The summed E-state index contributed by atoms with van der Waals surface area (Å²) in [5, 5.41) is 13.1. The van der Waals surface area contributed by atoms with Crippen molar-refractivity contribution in [3.8, 4) is 28.7 Å². The second kappa shape index (κ2) is 9.82. The maximum absolute atomic E-state index is 13.6. The first-order valence-corrected chi connectivity index (χ1v) is 10.6. The van der Waals surface area contributed by atoms with Crippen molar-refractivity contribution in [1.82, 2.24) is 24.3 Å². The van der Waals surface area contributed by atoms with E-state index in [0.29, 0.717) is 6.33 Å². The first-order valence-electron chi connectivity index (χ1n) is 10.2. The number of hydrogen-bond donors (Lipinski definition) is 0. The van der Waals surface area contributed by atoms with E-state index in [1.807, 2.05) is 0 Å². The Kier molecular flexibility index (Phi) is 6.78. The van der Waals surface area contributed by atoms with E-state index in [-0.39, 0.29) is 33.2 Å². The van der Waals surface area contributed by atoms with Gasteiger partial charge in [-0.25, -0.2) is 14.6 Å². The van der Waals surface area contributed by atoms with Gasteiger partial charge in [0, 0.05) is 23.8 Å². The lowest BCUT2D eigenvalue weighted by Crippen LogP contribution is -2.28. The number of rotatable bonds is 5. The molecule has 1 aromatic carbocycles. The maximum Gasteiger partial charge on any atom is 0.437 e. The Hall–Kier alpha value is -4.57. The second-order valence-corrected chi connectivity index (χ2v) is 8.03. The molecule has 0 amide bonds. The second-order valence-electron chi connectivity index (χ2n) is 7.59. The zero-order valence-corrected chi connectivity index (χ0v) is 19.4. The summed E-state index contributed by atoms with van der Waals surface area (Å²) >= 11 is 5.89. The van der Waals surface area contributed by atoms with E-state index < -0.39 is 41.2 Å². The predicted molar refractivity (Wildman–Crippen MR) is 122 cm³/mol. The Labute approximate surface area is 209 Å². The summed E-state index contributed by atoms with van der Waals surface area (Å²) in [5.74, 6) is -2.18. The molecule has 0 aliphatic rings. The molecule has 188 valence electrons. The standard InChI is InChI=1S/C23H13ClF4N6O3/c1-33-21(35)17(13-2-3-18(25)30-9-13)7-15(32-33)10-34-11-31-20(23(26,27)28)19(22(34)36)37-16-5-12(8-29)4-14(24)6-16/h2-7,9,11H,10H2,1H3. The number of halogens is 5. The van der Waals surface area contributed by atoms with Gasteiger partial charge in [-0.05, 0) is 36.4 Å². The molecule has 3 heterocycles. The van der Waals surface area contributed by atoms with Crippen LogP contribution < -0.4 is 15.9 Å². The topological polar surface area (TPSA) is 116 Å². The quantitative estimate of drug-likeness (QED) is 0.282. The van der Waals surface area contributed by atoms with E-state index in [1.54, 1.807) is 6.07 Å². The van der Waals surface area contributed by atoms with Gasteiger partial charge in [0.2, 0.25) is 11.7 Å². The molecule has 0 fully saturated rings. The summed E-state index contributed by atoms with van der Waals surface area (Å²) in [6, 6.07) is 8.97. The van der Waals surface area contributed by atoms with E-state index in [9.17, 15) is 27.2 Å². The summed E-state index contributed by atoms with van der Waals surface area (Å²) in [4.78, 5) is 32.5. The number of aromatic nitrogens is 5. The van der Waals surface area contributed by atoms with Crippen molar-refractivity contribution in [3.05, 3.63) is 97.6 Å². The zero-order chi connectivity index (χ0) is 26.9. The highest BCUT2D eigenvalue weighted by Crippen LogP contribution is 2.35. The van der Waals surface area contributed by atoms with Crippen LogP contribution in [0.15, 0.2) is 58.5 Å². The van der Waals surface area contributed by atoms with Crippen molar-refractivity contribution >= 4 is 11.6 Å². The van der Waals surface area contributed by atoms with Gasteiger partial charge in [0.05, 0.1) is 35.8 Å². The van der Waals surface area contributed by atoms with Crippen molar-refractivity contribution < 1.29 is 22.3 Å². The fourth-order valence-electron chi connectivity index (χ4n) is 3.34. The molecule has 0 unspecified atom stereocenters. The molecule has 0 bridgehead atoms. The number of ether oxygens (including phenoxy) is 1. The Morgan fingerprint density at radius 3 is 2.51 bits per heavy atom. The Morgan fingerprint density at radius 1 is 1.11 bits per heavy atom. The number of nitriles is 1. The summed E-state index contributed by atoms with van der Waals surface area (Å²) in [5.41, 5.74) is -2.90. The minimum absolute atomic E-state index is 0.00232. The fourth-order valence-corrected chi connectivity index (χ4v) is 3.57. The highest BCUT2D eigenvalue weighted by Gasteiger charge is 2.38. The van der Waals surface area contributed by atoms with E-state index in [2.05, 4.69) is 15.1 Å². The van der Waals surface area contributed by atoms with Gasteiger partial charge < -0.3 is 4.74 Å². The monoisotopic (exact) mass is 532 g/mol. The van der Waals surface area contributed by atoms with Crippen LogP contribution in [0.25, 0.3) is 11.1 Å². The molecule has 3 aromatic heterocycles. The number of aryl methyl sites for hydroxylation is 1. The lowest BCUT2D eigenvalue weighted by molar-refractivity contribution is -0.142. The van der Waals surface area contributed by atoms with E-state index >= 15 is 0 Å². The van der Waals surface area contributed by atoms with Crippen LogP contribution in [0, 0.1) is 17.3 Å². The van der Waals surface area contributed by atoms with Gasteiger partial charge in [-0.3, -0.25) is 14.2 Å². The smallest absolute Gasteiger partial charge is 0.437 e. The minimum atomic E-state index is -5.04. The van der Waals surface area contributed by atoms with Crippen LogP contribution in [-0.2, 0) is 19.8 Å². The highest BCUT2D eigenvalue weighted by atomic mass is 35.5. The molecule has 0 N–H and O–H groups in total. The summed E-state index contributed by atoms with van der Waals surface area (Å²) < 4.78 is 61.1. The van der Waals surface area contributed by atoms with Gasteiger partial charge in [-0.15, -0.1) is 0 Å². The third-order valence-electron chi connectivity index (χ3n) is 4.97. The number of pyridine rings is 1. The van der Waals surface area contributed by atoms with Crippen LogP contribution in [0.5, 0.6) is 11.5 Å². The van der Waals surface area contributed by atoms with Crippen LogP contribution in [0.1, 0.15) is 17.0 Å². The molecule has 0 atom stereocenters. The van der Waals surface area contributed by atoms with Gasteiger partial charge in [0.1, 0.15) is 5.75 Å². The average Bonchev–Trinajstić information content (AvgIpc) is 2.83. The van der Waals surface area contributed by atoms with Crippen LogP contribution in [-0.4, -0.2) is 24.3 Å². The molecule has 0 spiro atoms. The summed E-state index contributed by atoms with van der Waals surface area (Å²) in [6.45, 7) is -0.394. The third-order valence-corrected chi connectivity index (χ3v) is 5.19. The molecular formula is C23H13ClF4N6O3. The number of hydrogen-bond acceptors (Lipinski definition) is 7. The lowest BCUT2D eigenvalue weighted by Gasteiger charge is -2.15. The maximum atomic E-state index is 13.6. The molecule has 0 saturated carbocycles. The fraction of sp³-hybridized carbons (Fsp3) is 0.130. The Balaban J connectivity index is 1.79. The summed E-state index contributed by atoms with van der Waals surface area (Å²) in [6.07, 6.45) is -3.24. The van der Waals surface area contributed by atoms with Crippen molar-refractivity contribution in [3.63, 3.8) is 0 Å². The van der Waals surface area contributed by atoms with Crippen molar-refractivity contribution in [2.24, 2.45) is 7.05 Å².